The maximum absolute atomic E-state index is 10.3. The predicted octanol–water partition coefficient (Wildman–Crippen LogP) is 1.86. The Morgan fingerprint density at radius 2 is 1.80 bits per heavy atom. The van der Waals surface area contributed by atoms with E-state index in [-0.39, 0.29) is 5.91 Å². The fraction of sp³-hybridized carbons (Fsp3) is 0.857. The van der Waals surface area contributed by atoms with Crippen LogP contribution >= 0.6 is 22.6 Å². The van der Waals surface area contributed by atoms with E-state index < -0.39 is 0 Å². The Kier molecular flexibility index (Phi) is 7.45. The van der Waals surface area contributed by atoms with Crippen molar-refractivity contribution in [1.82, 2.24) is 0 Å². The van der Waals surface area contributed by atoms with Crippen molar-refractivity contribution in [2.24, 2.45) is 5.73 Å². The Labute approximate surface area is 75.7 Å². The summed E-state index contributed by atoms with van der Waals surface area (Å²) in [6, 6.07) is 0. The van der Waals surface area contributed by atoms with Gasteiger partial charge in [-0.15, -0.1) is 0 Å². The summed E-state index contributed by atoms with van der Waals surface area (Å²) in [4.78, 5) is 10.3. The molecule has 0 aliphatic carbocycles. The molecule has 3 heteroatoms. The van der Waals surface area contributed by atoms with E-state index in [1.807, 2.05) is 0 Å². The zero-order chi connectivity index (χ0) is 7.82. The molecule has 0 saturated carbocycles. The van der Waals surface area contributed by atoms with Crippen LogP contribution in [0.2, 0.25) is 0 Å². The quantitative estimate of drug-likeness (QED) is 0.439. The first-order valence-electron chi connectivity index (χ1n) is 3.61. The molecule has 0 atom stereocenters. The van der Waals surface area contributed by atoms with E-state index >= 15 is 0 Å². The van der Waals surface area contributed by atoms with E-state index in [4.69, 9.17) is 5.73 Å². The molecule has 0 saturated heterocycles. The Morgan fingerprint density at radius 1 is 1.20 bits per heavy atom. The molecule has 0 aromatic rings. The van der Waals surface area contributed by atoms with Crippen LogP contribution in [0.15, 0.2) is 0 Å². The Hall–Kier alpha value is 0.200. The van der Waals surface area contributed by atoms with Crippen LogP contribution in [0.25, 0.3) is 0 Å². The first kappa shape index (κ1) is 10.2. The highest BCUT2D eigenvalue weighted by Crippen LogP contribution is 2.03. The number of hydrogen-bond acceptors (Lipinski definition) is 1. The summed E-state index contributed by atoms with van der Waals surface area (Å²) < 4.78 is 1.22. The summed E-state index contributed by atoms with van der Waals surface area (Å²) in [5.74, 6) is -0.172. The van der Waals surface area contributed by atoms with E-state index in [1.165, 1.54) is 17.3 Å². The molecule has 0 aliphatic heterocycles. The molecule has 0 unspecified atom stereocenters. The summed E-state index contributed by atoms with van der Waals surface area (Å²) >= 11 is 2.36. The topological polar surface area (TPSA) is 43.1 Å². The van der Waals surface area contributed by atoms with E-state index in [1.54, 1.807) is 0 Å². The second kappa shape index (κ2) is 7.31. The minimum Gasteiger partial charge on any atom is -0.370 e. The van der Waals surface area contributed by atoms with Gasteiger partial charge in [-0.3, -0.25) is 4.79 Å². The second-order valence-corrected chi connectivity index (χ2v) is 3.40. The van der Waals surface area contributed by atoms with Gasteiger partial charge in [-0.2, -0.15) is 0 Å². The van der Waals surface area contributed by atoms with Gasteiger partial charge in [0.05, 0.1) is 0 Å². The van der Waals surface area contributed by atoms with E-state index in [0.717, 1.165) is 12.8 Å². The Balaban J connectivity index is 2.84. The molecule has 60 valence electrons. The number of hydrogen-bond donors (Lipinski definition) is 1. The maximum Gasteiger partial charge on any atom is 0.217 e. The first-order chi connectivity index (χ1) is 4.77. The number of carbonyl (C=O) groups is 1. The SMILES string of the molecule is NC(=O)CCCCCCI. The number of unbranched alkanes of at least 4 members (excludes halogenated alkanes) is 3. The van der Waals surface area contributed by atoms with Crippen LogP contribution in [-0.2, 0) is 4.79 Å². The highest BCUT2D eigenvalue weighted by atomic mass is 127. The fourth-order valence-corrected chi connectivity index (χ4v) is 1.29. The largest absolute Gasteiger partial charge is 0.370 e. The van der Waals surface area contributed by atoms with Crippen LogP contribution in [0.4, 0.5) is 0 Å². The van der Waals surface area contributed by atoms with E-state index in [9.17, 15) is 4.79 Å². The Morgan fingerprint density at radius 3 is 2.30 bits per heavy atom. The van der Waals surface area contributed by atoms with Crippen LogP contribution < -0.4 is 5.73 Å². The molecule has 0 aromatic heterocycles. The molecule has 10 heavy (non-hydrogen) atoms. The van der Waals surface area contributed by atoms with Crippen molar-refractivity contribution in [3.63, 3.8) is 0 Å². The van der Waals surface area contributed by atoms with Gasteiger partial charge in [-0.1, -0.05) is 35.4 Å². The molecular weight excluding hydrogens is 241 g/mol. The molecule has 0 radical (unpaired) electrons. The third-order valence-corrected chi connectivity index (χ3v) is 2.07. The van der Waals surface area contributed by atoms with Crippen LogP contribution in [0.5, 0.6) is 0 Å². The van der Waals surface area contributed by atoms with E-state index in [0.29, 0.717) is 6.42 Å². The van der Waals surface area contributed by atoms with Crippen LogP contribution in [0.3, 0.4) is 0 Å². The monoisotopic (exact) mass is 255 g/mol. The Bertz CT molecular complexity index is 95.6. The maximum atomic E-state index is 10.3. The lowest BCUT2D eigenvalue weighted by molar-refractivity contribution is -0.118. The lowest BCUT2D eigenvalue weighted by Crippen LogP contribution is -2.09. The smallest absolute Gasteiger partial charge is 0.217 e. The van der Waals surface area contributed by atoms with Crippen molar-refractivity contribution in [1.29, 1.82) is 0 Å². The molecule has 0 heterocycles. The molecule has 0 rings (SSSR count). The van der Waals surface area contributed by atoms with Crippen molar-refractivity contribution in [2.45, 2.75) is 32.1 Å². The van der Waals surface area contributed by atoms with Gasteiger partial charge in [0.1, 0.15) is 0 Å². The normalized spacial score (nSPS) is 9.70. The van der Waals surface area contributed by atoms with Crippen molar-refractivity contribution < 1.29 is 4.79 Å². The third-order valence-electron chi connectivity index (χ3n) is 1.31. The van der Waals surface area contributed by atoms with Crippen molar-refractivity contribution in [2.75, 3.05) is 4.43 Å². The van der Waals surface area contributed by atoms with Gasteiger partial charge < -0.3 is 5.73 Å². The lowest BCUT2D eigenvalue weighted by atomic mass is 10.1. The number of alkyl halides is 1. The molecule has 0 aliphatic rings. The number of nitrogens with two attached hydrogens (primary N) is 1. The standard InChI is InChI=1S/C7H14INO/c8-6-4-2-1-3-5-7(9)10/h1-6H2,(H2,9,10). The first-order valence-corrected chi connectivity index (χ1v) is 5.14. The predicted molar refractivity (Wildman–Crippen MR) is 51.2 cm³/mol. The summed E-state index contributed by atoms with van der Waals surface area (Å²) in [6.07, 6.45) is 5.16. The lowest BCUT2D eigenvalue weighted by Gasteiger charge is -1.95. The molecule has 0 fully saturated rings. The number of halogens is 1. The van der Waals surface area contributed by atoms with Gasteiger partial charge >= 0.3 is 0 Å². The molecule has 0 bridgehead atoms. The van der Waals surface area contributed by atoms with Gasteiger partial charge in [0, 0.05) is 6.42 Å². The van der Waals surface area contributed by atoms with Gasteiger partial charge in [0.15, 0.2) is 0 Å². The van der Waals surface area contributed by atoms with Crippen molar-refractivity contribution >= 4 is 28.5 Å². The number of rotatable bonds is 6. The molecule has 1 amide bonds. The minimum absolute atomic E-state index is 0.172. The van der Waals surface area contributed by atoms with Gasteiger partial charge in [0.25, 0.3) is 0 Å². The summed E-state index contributed by atoms with van der Waals surface area (Å²) in [5.41, 5.74) is 4.97. The minimum atomic E-state index is -0.172. The summed E-state index contributed by atoms with van der Waals surface area (Å²) in [7, 11) is 0. The highest BCUT2D eigenvalue weighted by Gasteiger charge is 1.93. The zero-order valence-corrected chi connectivity index (χ0v) is 8.26. The zero-order valence-electron chi connectivity index (χ0n) is 6.11. The summed E-state index contributed by atoms with van der Waals surface area (Å²) in [6.45, 7) is 0. The van der Waals surface area contributed by atoms with Crippen LogP contribution in [0.1, 0.15) is 32.1 Å². The van der Waals surface area contributed by atoms with E-state index in [2.05, 4.69) is 22.6 Å². The average molecular weight is 255 g/mol. The molecule has 2 N–H and O–H groups in total. The second-order valence-electron chi connectivity index (χ2n) is 2.32. The van der Waals surface area contributed by atoms with Gasteiger partial charge in [-0.25, -0.2) is 0 Å². The third kappa shape index (κ3) is 8.20. The van der Waals surface area contributed by atoms with Crippen LogP contribution in [-0.4, -0.2) is 10.3 Å². The fourth-order valence-electron chi connectivity index (χ4n) is 0.747. The van der Waals surface area contributed by atoms with Crippen molar-refractivity contribution in [3.05, 3.63) is 0 Å². The van der Waals surface area contributed by atoms with Crippen molar-refractivity contribution in [3.8, 4) is 0 Å². The molecule has 0 spiro atoms. The number of carbonyl (C=O) groups excluding carboxylic acids is 1. The molecule has 2 nitrogen and oxygen atoms in total. The van der Waals surface area contributed by atoms with Gasteiger partial charge in [-0.05, 0) is 17.3 Å². The number of primary amides is 1. The average Bonchev–Trinajstić information content (AvgIpc) is 1.87. The molecular formula is C7H14INO. The van der Waals surface area contributed by atoms with Gasteiger partial charge in [0.2, 0.25) is 5.91 Å². The highest BCUT2D eigenvalue weighted by molar-refractivity contribution is 14.1. The molecule has 0 aromatic carbocycles. The summed E-state index contributed by atoms with van der Waals surface area (Å²) in [5, 5.41) is 0. The van der Waals surface area contributed by atoms with Crippen LogP contribution in [0, 0.1) is 0 Å². The number of amides is 1.